The van der Waals surface area contributed by atoms with E-state index in [4.69, 9.17) is 9.53 Å². The van der Waals surface area contributed by atoms with Gasteiger partial charge in [0, 0.05) is 12.5 Å². The zero-order valence-electron chi connectivity index (χ0n) is 13.4. The Morgan fingerprint density at radius 2 is 1.80 bits per heavy atom. The molecule has 118 valence electrons. The molecule has 0 aliphatic heterocycles. The van der Waals surface area contributed by atoms with Gasteiger partial charge in [0.15, 0.2) is 8.32 Å². The molecule has 0 saturated carbocycles. The van der Waals surface area contributed by atoms with Crippen molar-refractivity contribution in [3.63, 3.8) is 0 Å². The molecule has 6 nitrogen and oxygen atoms in total. The standard InChI is InChI=1S/C13H27NO5Si/c1-9(8-19-20(6,7)13(2,3)4)10(11(15)16)14-12(17)18-5/h9-10H,8H2,1-7H3,(H,14,17)(H,15,16)/t9?,10-/m0/s1. The molecular formula is C13H27NO5Si. The summed E-state index contributed by atoms with van der Waals surface area (Å²) >= 11 is 0. The number of hydrogen-bond donors (Lipinski definition) is 2. The third kappa shape index (κ3) is 5.50. The molecule has 0 heterocycles. The summed E-state index contributed by atoms with van der Waals surface area (Å²) in [6.45, 7) is 12.6. The van der Waals surface area contributed by atoms with Crippen molar-refractivity contribution < 1.29 is 23.9 Å². The topological polar surface area (TPSA) is 84.9 Å². The second-order valence-electron chi connectivity index (χ2n) is 6.50. The molecule has 0 aliphatic carbocycles. The van der Waals surface area contributed by atoms with Gasteiger partial charge in [-0.1, -0.05) is 27.7 Å². The van der Waals surface area contributed by atoms with Gasteiger partial charge in [0.2, 0.25) is 0 Å². The van der Waals surface area contributed by atoms with Crippen molar-refractivity contribution >= 4 is 20.4 Å². The second-order valence-corrected chi connectivity index (χ2v) is 11.3. The molecule has 1 amide bonds. The van der Waals surface area contributed by atoms with Crippen LogP contribution in [-0.4, -0.2) is 45.2 Å². The molecule has 0 rings (SSSR count). The summed E-state index contributed by atoms with van der Waals surface area (Å²) < 4.78 is 10.4. The SMILES string of the molecule is COC(=O)N[C@H](C(=O)O)C(C)CO[Si](C)(C)C(C)(C)C. The number of carbonyl (C=O) groups excluding carboxylic acids is 1. The van der Waals surface area contributed by atoms with Crippen molar-refractivity contribution in [2.45, 2.75) is 51.9 Å². The third-order valence-electron chi connectivity index (χ3n) is 3.81. The highest BCUT2D eigenvalue weighted by atomic mass is 28.4. The number of carboxylic acids is 1. The van der Waals surface area contributed by atoms with Gasteiger partial charge in [-0.2, -0.15) is 0 Å². The van der Waals surface area contributed by atoms with Crippen LogP contribution in [0.4, 0.5) is 4.79 Å². The van der Waals surface area contributed by atoms with Crippen LogP contribution < -0.4 is 5.32 Å². The Morgan fingerprint density at radius 3 is 2.15 bits per heavy atom. The Hall–Kier alpha value is -1.08. The molecule has 7 heteroatoms. The van der Waals surface area contributed by atoms with Crippen LogP contribution in [0.2, 0.25) is 18.1 Å². The average molecular weight is 305 g/mol. The van der Waals surface area contributed by atoms with E-state index < -0.39 is 26.4 Å². The number of aliphatic carboxylic acids is 1. The van der Waals surface area contributed by atoms with Gasteiger partial charge in [0.1, 0.15) is 6.04 Å². The number of nitrogens with one attached hydrogen (secondary N) is 1. The van der Waals surface area contributed by atoms with E-state index in [1.54, 1.807) is 6.92 Å². The van der Waals surface area contributed by atoms with E-state index in [-0.39, 0.29) is 17.6 Å². The summed E-state index contributed by atoms with van der Waals surface area (Å²) in [4.78, 5) is 22.4. The van der Waals surface area contributed by atoms with E-state index in [9.17, 15) is 9.59 Å². The molecule has 2 atom stereocenters. The van der Waals surface area contributed by atoms with Crippen LogP contribution in [0, 0.1) is 5.92 Å². The lowest BCUT2D eigenvalue weighted by atomic mass is 10.0. The fourth-order valence-electron chi connectivity index (χ4n) is 1.29. The number of ether oxygens (including phenoxy) is 1. The van der Waals surface area contributed by atoms with Crippen LogP contribution >= 0.6 is 0 Å². The second kappa shape index (κ2) is 7.08. The lowest BCUT2D eigenvalue weighted by molar-refractivity contribution is -0.141. The van der Waals surface area contributed by atoms with E-state index in [1.807, 2.05) is 0 Å². The molecule has 0 fully saturated rings. The summed E-state index contributed by atoms with van der Waals surface area (Å²) in [6.07, 6.45) is -0.753. The predicted octanol–water partition coefficient (Wildman–Crippen LogP) is 2.45. The molecule has 1 unspecified atom stereocenters. The molecule has 0 aromatic heterocycles. The average Bonchev–Trinajstić information content (AvgIpc) is 2.30. The maximum absolute atomic E-state index is 11.2. The Labute approximate surface area is 122 Å². The highest BCUT2D eigenvalue weighted by molar-refractivity contribution is 6.74. The van der Waals surface area contributed by atoms with Crippen LogP contribution in [0.15, 0.2) is 0 Å². The maximum atomic E-state index is 11.2. The summed E-state index contributed by atoms with van der Waals surface area (Å²) in [5, 5.41) is 11.5. The highest BCUT2D eigenvalue weighted by Gasteiger charge is 2.38. The normalized spacial score (nSPS) is 15.3. The van der Waals surface area contributed by atoms with Crippen LogP contribution in [-0.2, 0) is 14.0 Å². The quantitative estimate of drug-likeness (QED) is 0.736. The zero-order chi connectivity index (χ0) is 16.1. The van der Waals surface area contributed by atoms with Crippen LogP contribution in [0.5, 0.6) is 0 Å². The minimum absolute atomic E-state index is 0.0568. The van der Waals surface area contributed by atoms with Gasteiger partial charge in [-0.05, 0) is 18.1 Å². The summed E-state index contributed by atoms with van der Waals surface area (Å²) in [6, 6.07) is -1.02. The fraction of sp³-hybridized carbons (Fsp3) is 0.846. The molecule has 0 radical (unpaired) electrons. The Morgan fingerprint density at radius 1 is 1.30 bits per heavy atom. The zero-order valence-corrected chi connectivity index (χ0v) is 14.4. The van der Waals surface area contributed by atoms with Gasteiger partial charge < -0.3 is 19.6 Å². The van der Waals surface area contributed by atoms with Crippen molar-refractivity contribution in [1.82, 2.24) is 5.32 Å². The van der Waals surface area contributed by atoms with E-state index in [2.05, 4.69) is 43.9 Å². The summed E-state index contributed by atoms with van der Waals surface area (Å²) in [5.74, 6) is -1.44. The first-order valence-corrected chi connectivity index (χ1v) is 9.54. The van der Waals surface area contributed by atoms with Crippen molar-refractivity contribution in [1.29, 1.82) is 0 Å². The first-order valence-electron chi connectivity index (χ1n) is 6.63. The monoisotopic (exact) mass is 305 g/mol. The number of rotatable bonds is 6. The van der Waals surface area contributed by atoms with Gasteiger partial charge in [-0.3, -0.25) is 0 Å². The predicted molar refractivity (Wildman–Crippen MR) is 79.3 cm³/mol. The summed E-state index contributed by atoms with van der Waals surface area (Å²) in [5.41, 5.74) is 0. The number of carbonyl (C=O) groups is 2. The van der Waals surface area contributed by atoms with Gasteiger partial charge in [-0.15, -0.1) is 0 Å². The van der Waals surface area contributed by atoms with Crippen molar-refractivity contribution in [2.75, 3.05) is 13.7 Å². The smallest absolute Gasteiger partial charge is 0.407 e. The number of carboxylic acid groups (broad SMARTS) is 1. The van der Waals surface area contributed by atoms with E-state index in [1.165, 1.54) is 7.11 Å². The maximum Gasteiger partial charge on any atom is 0.407 e. The summed E-state index contributed by atoms with van der Waals surface area (Å²) in [7, 11) is -0.734. The van der Waals surface area contributed by atoms with Crippen LogP contribution in [0.3, 0.4) is 0 Å². The number of methoxy groups -OCH3 is 1. The molecule has 0 spiro atoms. The fourth-order valence-corrected chi connectivity index (χ4v) is 2.40. The van der Waals surface area contributed by atoms with Gasteiger partial charge in [-0.25, -0.2) is 9.59 Å². The Kier molecular flexibility index (Phi) is 6.69. The van der Waals surface area contributed by atoms with E-state index in [0.717, 1.165) is 0 Å². The van der Waals surface area contributed by atoms with Crippen LogP contribution in [0.25, 0.3) is 0 Å². The molecule has 0 aromatic rings. The van der Waals surface area contributed by atoms with Crippen LogP contribution in [0.1, 0.15) is 27.7 Å². The lowest BCUT2D eigenvalue weighted by Crippen LogP contribution is -2.48. The Balaban J connectivity index is 4.67. The third-order valence-corrected chi connectivity index (χ3v) is 8.31. The lowest BCUT2D eigenvalue weighted by Gasteiger charge is -2.37. The Bertz CT molecular complexity index is 351. The molecule has 2 N–H and O–H groups in total. The van der Waals surface area contributed by atoms with E-state index >= 15 is 0 Å². The van der Waals surface area contributed by atoms with Gasteiger partial charge in [0.25, 0.3) is 0 Å². The molecule has 0 saturated heterocycles. The minimum Gasteiger partial charge on any atom is -0.480 e. The molecule has 0 bridgehead atoms. The molecular weight excluding hydrogens is 278 g/mol. The first-order chi connectivity index (χ1) is 8.92. The minimum atomic E-state index is -1.93. The van der Waals surface area contributed by atoms with Gasteiger partial charge >= 0.3 is 12.1 Å². The highest BCUT2D eigenvalue weighted by Crippen LogP contribution is 2.36. The van der Waals surface area contributed by atoms with Crippen molar-refractivity contribution in [3.8, 4) is 0 Å². The first kappa shape index (κ1) is 18.9. The van der Waals surface area contributed by atoms with Crippen molar-refractivity contribution in [3.05, 3.63) is 0 Å². The van der Waals surface area contributed by atoms with Gasteiger partial charge in [0.05, 0.1) is 7.11 Å². The number of amides is 1. The van der Waals surface area contributed by atoms with E-state index in [0.29, 0.717) is 0 Å². The molecule has 0 aliphatic rings. The number of alkyl carbamates (subject to hydrolysis) is 1. The largest absolute Gasteiger partial charge is 0.480 e. The molecule has 20 heavy (non-hydrogen) atoms. The van der Waals surface area contributed by atoms with Crippen molar-refractivity contribution in [2.24, 2.45) is 5.92 Å². The molecule has 0 aromatic carbocycles. The number of hydrogen-bond acceptors (Lipinski definition) is 4.